The molecule has 0 saturated heterocycles. The number of hydrogen-bond acceptors (Lipinski definition) is 3. The quantitative estimate of drug-likeness (QED) is 0.856. The van der Waals surface area contributed by atoms with Crippen LogP contribution in [0, 0.1) is 3.57 Å². The van der Waals surface area contributed by atoms with E-state index >= 15 is 0 Å². The molecule has 0 saturated carbocycles. The Morgan fingerprint density at radius 1 is 1.33 bits per heavy atom. The smallest absolute Gasteiger partial charge is 0.141 e. The molecule has 0 aliphatic heterocycles. The molecule has 0 amide bonds. The second-order valence-corrected chi connectivity index (χ2v) is 5.54. The van der Waals surface area contributed by atoms with Gasteiger partial charge in [-0.1, -0.05) is 0 Å². The van der Waals surface area contributed by atoms with E-state index < -0.39 is 0 Å². The molecule has 18 heavy (non-hydrogen) atoms. The van der Waals surface area contributed by atoms with Crippen LogP contribution in [-0.2, 0) is 7.05 Å². The Hall–Kier alpha value is -1.08. The van der Waals surface area contributed by atoms with Crippen molar-refractivity contribution < 1.29 is 4.74 Å². The highest BCUT2D eigenvalue weighted by molar-refractivity contribution is 14.1. The molecule has 0 bridgehead atoms. The maximum Gasteiger partial charge on any atom is 0.141 e. The van der Waals surface area contributed by atoms with Gasteiger partial charge >= 0.3 is 0 Å². The van der Waals surface area contributed by atoms with Crippen LogP contribution < -0.4 is 10.5 Å². The zero-order valence-corrected chi connectivity index (χ0v) is 12.5. The molecule has 1 aromatic carbocycles. The highest BCUT2D eigenvalue weighted by atomic mass is 127. The first-order valence-electron chi connectivity index (χ1n) is 5.72. The van der Waals surface area contributed by atoms with Crippen molar-refractivity contribution in [1.82, 2.24) is 9.78 Å². The number of rotatable bonds is 4. The highest BCUT2D eigenvalue weighted by Gasteiger charge is 2.19. The molecular formula is C13H16IN3O. The Balaban J connectivity index is 2.19. The third-order valence-electron chi connectivity index (χ3n) is 2.61. The van der Waals surface area contributed by atoms with Gasteiger partial charge in [0.25, 0.3) is 0 Å². The molecule has 2 atom stereocenters. The monoisotopic (exact) mass is 357 g/mol. The van der Waals surface area contributed by atoms with Crippen LogP contribution >= 0.6 is 22.6 Å². The Morgan fingerprint density at radius 2 is 2.00 bits per heavy atom. The summed E-state index contributed by atoms with van der Waals surface area (Å²) in [6, 6.07) is 7.82. The fraction of sp³-hybridized carbons (Fsp3) is 0.308. The molecule has 96 valence electrons. The van der Waals surface area contributed by atoms with Crippen LogP contribution in [0.1, 0.15) is 18.6 Å². The maximum absolute atomic E-state index is 5.99. The van der Waals surface area contributed by atoms with Crippen molar-refractivity contribution in [3.63, 3.8) is 0 Å². The molecule has 2 N–H and O–H groups in total. The predicted octanol–water partition coefficient (Wildman–Crippen LogP) is 2.49. The summed E-state index contributed by atoms with van der Waals surface area (Å²) in [4.78, 5) is 0. The Morgan fingerprint density at radius 3 is 2.50 bits per heavy atom. The molecule has 0 fully saturated rings. The van der Waals surface area contributed by atoms with Crippen LogP contribution in [-0.4, -0.2) is 15.8 Å². The number of halogens is 1. The van der Waals surface area contributed by atoms with E-state index in [9.17, 15) is 0 Å². The first-order chi connectivity index (χ1) is 8.56. The highest BCUT2D eigenvalue weighted by Crippen LogP contribution is 2.24. The topological polar surface area (TPSA) is 53.1 Å². The van der Waals surface area contributed by atoms with E-state index in [0.29, 0.717) is 0 Å². The van der Waals surface area contributed by atoms with E-state index in [1.54, 1.807) is 10.9 Å². The van der Waals surface area contributed by atoms with E-state index in [-0.39, 0.29) is 12.1 Å². The minimum absolute atomic E-state index is 0.103. The standard InChI is InChI=1S/C13H16IN3O/c1-9(15)13(10-7-16-17(2)8-10)18-12-5-3-11(14)4-6-12/h3-9,13H,15H2,1-2H3. The molecule has 4 nitrogen and oxygen atoms in total. The summed E-state index contributed by atoms with van der Waals surface area (Å²) < 4.78 is 8.88. The second-order valence-electron chi connectivity index (χ2n) is 4.30. The minimum atomic E-state index is -0.182. The Labute approximate surface area is 120 Å². The van der Waals surface area contributed by atoms with E-state index in [4.69, 9.17) is 10.5 Å². The normalized spacial score (nSPS) is 14.2. The predicted molar refractivity (Wildman–Crippen MR) is 79.4 cm³/mol. The summed E-state index contributed by atoms with van der Waals surface area (Å²) in [6.07, 6.45) is 3.54. The third kappa shape index (κ3) is 3.23. The van der Waals surface area contributed by atoms with E-state index in [1.165, 1.54) is 3.57 Å². The van der Waals surface area contributed by atoms with Crippen LogP contribution in [0.5, 0.6) is 5.75 Å². The number of aromatic nitrogens is 2. The van der Waals surface area contributed by atoms with Gasteiger partial charge in [0.2, 0.25) is 0 Å². The molecule has 1 aromatic heterocycles. The lowest BCUT2D eigenvalue weighted by Gasteiger charge is -2.21. The van der Waals surface area contributed by atoms with Crippen molar-refractivity contribution in [3.8, 4) is 5.75 Å². The average molecular weight is 357 g/mol. The molecule has 0 radical (unpaired) electrons. The fourth-order valence-electron chi connectivity index (χ4n) is 1.73. The lowest BCUT2D eigenvalue weighted by Crippen LogP contribution is -2.28. The molecule has 0 spiro atoms. The van der Waals surface area contributed by atoms with Gasteiger partial charge < -0.3 is 10.5 Å². The summed E-state index contributed by atoms with van der Waals surface area (Å²) >= 11 is 2.26. The lowest BCUT2D eigenvalue weighted by atomic mass is 10.1. The van der Waals surface area contributed by atoms with Crippen molar-refractivity contribution in [2.24, 2.45) is 12.8 Å². The molecule has 2 rings (SSSR count). The zero-order chi connectivity index (χ0) is 13.1. The van der Waals surface area contributed by atoms with Crippen LogP contribution in [0.15, 0.2) is 36.7 Å². The van der Waals surface area contributed by atoms with Gasteiger partial charge in [-0.2, -0.15) is 5.10 Å². The van der Waals surface area contributed by atoms with E-state index in [0.717, 1.165) is 11.3 Å². The van der Waals surface area contributed by atoms with Gasteiger partial charge in [0, 0.05) is 28.4 Å². The van der Waals surface area contributed by atoms with Crippen molar-refractivity contribution in [2.45, 2.75) is 19.1 Å². The number of ether oxygens (including phenoxy) is 1. The number of nitrogens with zero attached hydrogens (tertiary/aromatic N) is 2. The second kappa shape index (κ2) is 5.71. The molecule has 0 aliphatic rings. The molecular weight excluding hydrogens is 341 g/mol. The SMILES string of the molecule is CC(N)C(Oc1ccc(I)cc1)c1cnn(C)c1. The summed E-state index contributed by atoms with van der Waals surface area (Å²) in [7, 11) is 1.88. The summed E-state index contributed by atoms with van der Waals surface area (Å²) in [5, 5.41) is 4.16. The number of hydrogen-bond donors (Lipinski definition) is 1. The average Bonchev–Trinajstić information content (AvgIpc) is 2.74. The van der Waals surface area contributed by atoms with E-state index in [2.05, 4.69) is 27.7 Å². The van der Waals surface area contributed by atoms with Crippen molar-refractivity contribution in [3.05, 3.63) is 45.8 Å². The molecule has 5 heteroatoms. The van der Waals surface area contributed by atoms with Crippen molar-refractivity contribution >= 4 is 22.6 Å². The molecule has 1 heterocycles. The first kappa shape index (κ1) is 13.4. The van der Waals surface area contributed by atoms with Gasteiger partial charge in [-0.3, -0.25) is 4.68 Å². The van der Waals surface area contributed by atoms with Gasteiger partial charge in [-0.05, 0) is 53.8 Å². The van der Waals surface area contributed by atoms with Crippen molar-refractivity contribution in [2.75, 3.05) is 0 Å². The van der Waals surface area contributed by atoms with Crippen LogP contribution in [0.4, 0.5) is 0 Å². The van der Waals surface area contributed by atoms with Crippen molar-refractivity contribution in [1.29, 1.82) is 0 Å². The first-order valence-corrected chi connectivity index (χ1v) is 6.80. The summed E-state index contributed by atoms with van der Waals surface area (Å²) in [5.74, 6) is 0.821. The van der Waals surface area contributed by atoms with Crippen LogP contribution in [0.2, 0.25) is 0 Å². The maximum atomic E-state index is 5.99. The zero-order valence-electron chi connectivity index (χ0n) is 10.4. The number of aryl methyl sites for hydroxylation is 1. The van der Waals surface area contributed by atoms with Gasteiger partial charge in [0.15, 0.2) is 0 Å². The van der Waals surface area contributed by atoms with Crippen LogP contribution in [0.3, 0.4) is 0 Å². The number of benzene rings is 1. The Bertz CT molecular complexity index is 507. The number of nitrogens with two attached hydrogens (primary N) is 1. The van der Waals surface area contributed by atoms with Gasteiger partial charge in [0.05, 0.1) is 6.20 Å². The lowest BCUT2D eigenvalue weighted by molar-refractivity contribution is 0.180. The van der Waals surface area contributed by atoms with Crippen LogP contribution in [0.25, 0.3) is 0 Å². The fourth-order valence-corrected chi connectivity index (χ4v) is 2.09. The summed E-state index contributed by atoms with van der Waals surface area (Å²) in [6.45, 7) is 1.93. The molecule has 2 unspecified atom stereocenters. The van der Waals surface area contributed by atoms with E-state index in [1.807, 2.05) is 44.4 Å². The minimum Gasteiger partial charge on any atom is -0.484 e. The largest absolute Gasteiger partial charge is 0.484 e. The molecule has 0 aliphatic carbocycles. The third-order valence-corrected chi connectivity index (χ3v) is 3.33. The van der Waals surface area contributed by atoms with Gasteiger partial charge in [-0.25, -0.2) is 0 Å². The summed E-state index contributed by atoms with van der Waals surface area (Å²) in [5.41, 5.74) is 6.98. The van der Waals surface area contributed by atoms with Gasteiger partial charge in [0.1, 0.15) is 11.9 Å². The Kier molecular flexibility index (Phi) is 4.23. The van der Waals surface area contributed by atoms with Gasteiger partial charge in [-0.15, -0.1) is 0 Å². The molecule has 2 aromatic rings.